The fourth-order valence-corrected chi connectivity index (χ4v) is 15.1. The Morgan fingerprint density at radius 1 is 0.361 bits per heavy atom. The Bertz CT molecular complexity index is 4800. The lowest BCUT2D eigenvalue weighted by Crippen LogP contribution is -2.63. The lowest BCUT2D eigenvalue weighted by Gasteiger charge is -2.45. The molecule has 5 heterocycles. The third-order valence-electron chi connectivity index (χ3n) is 18.7. The molecule has 1 aromatic heterocycles. The molecule has 0 spiro atoms. The minimum absolute atomic E-state index is 0.0697. The summed E-state index contributed by atoms with van der Waals surface area (Å²) in [4.78, 5) is 5.32. The monoisotopic (exact) mass is 1050 g/mol. The number of fused-ring (bicyclic) bond motifs is 13. The molecule has 0 saturated carbocycles. The van der Waals surface area contributed by atoms with E-state index in [4.69, 9.17) is 0 Å². The maximum atomic E-state index is 2.76. The number of nitrogens with zero attached hydrogens (tertiary/aromatic N) is 3. The van der Waals surface area contributed by atoms with Crippen molar-refractivity contribution in [3.63, 3.8) is 0 Å². The number of hydrogen-bond acceptors (Lipinski definition) is 2. The van der Waals surface area contributed by atoms with Crippen LogP contribution < -0.4 is 42.6 Å². The summed E-state index contributed by atoms with van der Waals surface area (Å²) in [5, 5.41) is 2.47. The molecule has 5 heteroatoms. The molecule has 0 N–H and O–H groups in total. The van der Waals surface area contributed by atoms with Gasteiger partial charge in [0, 0.05) is 45.1 Å². The first kappa shape index (κ1) is 46.4. The highest BCUT2D eigenvalue weighted by molar-refractivity contribution is 7.06. The van der Waals surface area contributed by atoms with Gasteiger partial charge >= 0.3 is 0 Å². The van der Waals surface area contributed by atoms with Crippen LogP contribution >= 0.6 is 0 Å². The van der Waals surface area contributed by atoms with Crippen LogP contribution in [0.3, 0.4) is 0 Å². The second-order valence-corrected chi connectivity index (χ2v) is 23.0. The van der Waals surface area contributed by atoms with Crippen LogP contribution in [0.2, 0.25) is 0 Å². The predicted octanol–water partition coefficient (Wildman–Crippen LogP) is 15.9. The molecule has 13 aromatic rings. The minimum Gasteiger partial charge on any atom is -0.312 e. The first-order valence-electron chi connectivity index (χ1n) is 29.3. The quantitative estimate of drug-likeness (QED) is 0.141. The third kappa shape index (κ3) is 6.83. The van der Waals surface area contributed by atoms with E-state index in [0.29, 0.717) is 5.92 Å². The summed E-state index contributed by atoms with van der Waals surface area (Å²) in [5.74, 6) is 0.306. The van der Waals surface area contributed by atoms with E-state index in [1.807, 2.05) is 0 Å². The van der Waals surface area contributed by atoms with Crippen molar-refractivity contribution in [2.75, 3.05) is 9.80 Å². The van der Waals surface area contributed by atoms with Crippen molar-refractivity contribution < 1.29 is 0 Å². The lowest BCUT2D eigenvalue weighted by molar-refractivity contribution is 0.854. The van der Waals surface area contributed by atoms with E-state index in [2.05, 4.69) is 306 Å². The highest BCUT2D eigenvalue weighted by Crippen LogP contribution is 2.51. The highest BCUT2D eigenvalue weighted by Gasteiger charge is 2.52. The van der Waals surface area contributed by atoms with Crippen LogP contribution in [-0.2, 0) is 0 Å². The van der Waals surface area contributed by atoms with E-state index in [9.17, 15) is 0 Å². The molecule has 0 saturated heterocycles. The van der Waals surface area contributed by atoms with Crippen molar-refractivity contribution in [2.45, 2.75) is 12.3 Å². The number of benzene rings is 12. The Balaban J connectivity index is 1.05. The van der Waals surface area contributed by atoms with E-state index in [1.54, 1.807) is 0 Å². The smallest absolute Gasteiger partial charge is 0.251 e. The van der Waals surface area contributed by atoms with Gasteiger partial charge in [0.1, 0.15) is 0 Å². The molecule has 0 amide bonds. The molecule has 0 fully saturated rings. The number of anilines is 6. The number of rotatable bonds is 8. The van der Waals surface area contributed by atoms with Crippen LogP contribution in [0.4, 0.5) is 34.1 Å². The Labute approximate surface area is 484 Å². The summed E-state index contributed by atoms with van der Waals surface area (Å²) in [5.41, 5.74) is 32.5. The van der Waals surface area contributed by atoms with E-state index in [1.165, 1.54) is 139 Å². The summed E-state index contributed by atoms with van der Waals surface area (Å²) in [6, 6.07) is 101. The predicted molar refractivity (Wildman–Crippen MR) is 352 cm³/mol. The molecular weight excluding hydrogens is 1000 g/mol. The standard InChI is InChI=1S/C78H51B2N3/c1-7-23-50(24-8-1)54-39-41-66-62(43-54)64-45-56(52-27-11-3-12-28-52)47-71-74(64)79(66)68-49-73(81(58-31-15-5-16-32-58)59-33-17-6-18-34-59)78(82-69-37-21-19-35-60(69)61-36-20-22-38-70(61)82)76-77(68)83(71)72-48-57(53-29-13-4-14-30-53)46-65-63-44-55(51-25-9-2-10-26-51)40-42-67(63)80(76)75(65)72/h1-23,25-50H,24H2. The van der Waals surface area contributed by atoms with Gasteiger partial charge in [0.2, 0.25) is 6.71 Å². The van der Waals surface area contributed by atoms with Gasteiger partial charge < -0.3 is 14.4 Å². The van der Waals surface area contributed by atoms with Crippen LogP contribution in [-0.4, -0.2) is 18.0 Å². The van der Waals surface area contributed by atoms with Gasteiger partial charge in [-0.05, 0) is 162 Å². The van der Waals surface area contributed by atoms with Gasteiger partial charge in [-0.2, -0.15) is 0 Å². The van der Waals surface area contributed by atoms with Gasteiger partial charge in [0.15, 0.2) is 0 Å². The zero-order valence-corrected chi connectivity index (χ0v) is 45.5. The van der Waals surface area contributed by atoms with E-state index < -0.39 is 0 Å². The van der Waals surface area contributed by atoms with E-state index in [-0.39, 0.29) is 13.4 Å². The van der Waals surface area contributed by atoms with Crippen LogP contribution in [0.25, 0.3) is 83.1 Å². The largest absolute Gasteiger partial charge is 0.312 e. The topological polar surface area (TPSA) is 11.4 Å². The van der Waals surface area contributed by atoms with Gasteiger partial charge in [-0.25, -0.2) is 0 Å². The Morgan fingerprint density at radius 2 is 0.855 bits per heavy atom. The van der Waals surface area contributed by atoms with E-state index in [0.717, 1.165) is 23.5 Å². The average molecular weight is 1050 g/mol. The molecule has 0 bridgehead atoms. The molecule has 384 valence electrons. The summed E-state index contributed by atoms with van der Waals surface area (Å²) < 4.78 is 2.65. The maximum Gasteiger partial charge on any atom is 0.251 e. The van der Waals surface area contributed by atoms with Crippen molar-refractivity contribution in [2.24, 2.45) is 0 Å². The van der Waals surface area contributed by atoms with Crippen LogP contribution in [0, 0.1) is 0 Å². The summed E-state index contributed by atoms with van der Waals surface area (Å²) in [7, 11) is 0. The molecule has 83 heavy (non-hydrogen) atoms. The molecular formula is C78H51B2N3. The second-order valence-electron chi connectivity index (χ2n) is 23.0. The van der Waals surface area contributed by atoms with Crippen molar-refractivity contribution in [3.8, 4) is 61.3 Å². The normalized spacial score (nSPS) is 14.4. The second kappa shape index (κ2) is 18.1. The summed E-state index contributed by atoms with van der Waals surface area (Å²) in [6.45, 7) is -0.217. The molecule has 3 nitrogen and oxygen atoms in total. The summed E-state index contributed by atoms with van der Waals surface area (Å²) >= 11 is 0. The molecule has 1 atom stereocenters. The molecule has 1 unspecified atom stereocenters. The summed E-state index contributed by atoms with van der Waals surface area (Å²) in [6.07, 6.45) is 10.1. The zero-order valence-electron chi connectivity index (χ0n) is 45.5. The minimum atomic E-state index is -0.148. The number of aromatic nitrogens is 1. The van der Waals surface area contributed by atoms with Gasteiger partial charge in [0.05, 0.1) is 22.4 Å². The Kier molecular flexibility index (Phi) is 10.1. The maximum absolute atomic E-state index is 2.76. The molecule has 12 aromatic carbocycles. The number of para-hydroxylation sites is 4. The first-order chi connectivity index (χ1) is 41.2. The fraction of sp³-hybridized carbons (Fsp3) is 0.0256. The van der Waals surface area contributed by atoms with Crippen LogP contribution in [0.1, 0.15) is 17.9 Å². The molecule has 1 aliphatic carbocycles. The zero-order chi connectivity index (χ0) is 54.3. The SMILES string of the molecule is C1=CCC(c2ccc3c(c2)-c2cc(-c4ccccc4)cc4c2B3c2cc(N(c3ccccc3)c3ccccc3)c(-n3c5ccccc5c5ccccc53)c3c2N4c2cc(-c4ccccc4)cc4c2B3c2ccc(-c3ccccc3)cc2-4)C=C1. The first-order valence-corrected chi connectivity index (χ1v) is 29.3. The molecule has 5 aliphatic rings. The Hall–Kier alpha value is -10.4. The number of hydrogen-bond donors (Lipinski definition) is 0. The lowest BCUT2D eigenvalue weighted by atomic mass is 9.32. The molecule has 0 radical (unpaired) electrons. The van der Waals surface area contributed by atoms with Crippen molar-refractivity contribution in [3.05, 3.63) is 297 Å². The van der Waals surface area contributed by atoms with Crippen molar-refractivity contribution in [1.29, 1.82) is 0 Å². The molecule has 18 rings (SSSR count). The Morgan fingerprint density at radius 3 is 1.43 bits per heavy atom. The molecule has 4 aliphatic heterocycles. The highest BCUT2D eigenvalue weighted by atomic mass is 15.2. The third-order valence-corrected chi connectivity index (χ3v) is 18.7. The van der Waals surface area contributed by atoms with Crippen LogP contribution in [0.5, 0.6) is 0 Å². The van der Waals surface area contributed by atoms with Crippen LogP contribution in [0.15, 0.2) is 291 Å². The van der Waals surface area contributed by atoms with Crippen molar-refractivity contribution >= 4 is 102 Å². The van der Waals surface area contributed by atoms with Gasteiger partial charge in [-0.3, -0.25) is 0 Å². The van der Waals surface area contributed by atoms with Gasteiger partial charge in [0.25, 0.3) is 6.71 Å². The van der Waals surface area contributed by atoms with Gasteiger partial charge in [-0.15, -0.1) is 0 Å². The van der Waals surface area contributed by atoms with Gasteiger partial charge in [-0.1, -0.05) is 229 Å². The van der Waals surface area contributed by atoms with Crippen molar-refractivity contribution in [1.82, 2.24) is 4.57 Å². The number of allylic oxidation sites excluding steroid dienone is 4. The average Bonchev–Trinajstić information content (AvgIpc) is 1.85. The van der Waals surface area contributed by atoms with E-state index >= 15 is 0 Å². The fourth-order valence-electron chi connectivity index (χ4n) is 15.1.